The van der Waals surface area contributed by atoms with E-state index >= 15 is 0 Å². The number of hydrogen-bond acceptors (Lipinski definition) is 4. The first-order valence-corrected chi connectivity index (χ1v) is 8.68. The van der Waals surface area contributed by atoms with Gasteiger partial charge in [0.1, 0.15) is 17.6 Å². The number of nitrogens with zero attached hydrogens (tertiary/aromatic N) is 4. The second kappa shape index (κ2) is 7.64. The van der Waals surface area contributed by atoms with Crippen LogP contribution < -0.4 is 10.3 Å². The maximum absolute atomic E-state index is 12.1. The smallest absolute Gasteiger partial charge is 0.255 e. The molecule has 0 aliphatic carbocycles. The Hall–Kier alpha value is -4.11. The number of hydrogen-bond donors (Lipinski definition) is 0. The Morgan fingerprint density at radius 2 is 1.96 bits per heavy atom. The molecule has 0 bridgehead atoms. The Morgan fingerprint density at radius 3 is 2.75 bits per heavy atom. The minimum absolute atomic E-state index is 0.125. The second-order valence-corrected chi connectivity index (χ2v) is 6.19. The van der Waals surface area contributed by atoms with Gasteiger partial charge in [-0.15, -0.1) is 0 Å². The summed E-state index contributed by atoms with van der Waals surface area (Å²) in [5.41, 5.74) is 2.00. The van der Waals surface area contributed by atoms with Crippen LogP contribution in [0.1, 0.15) is 11.1 Å². The predicted molar refractivity (Wildman–Crippen MR) is 105 cm³/mol. The average Bonchev–Trinajstić information content (AvgIpc) is 3.22. The van der Waals surface area contributed by atoms with Gasteiger partial charge in [-0.05, 0) is 35.9 Å². The summed E-state index contributed by atoms with van der Waals surface area (Å²) in [4.78, 5) is 16.1. The minimum Gasteiger partial charge on any atom is -0.456 e. The molecule has 0 unspecified atom stereocenters. The molecule has 2 heterocycles. The lowest BCUT2D eigenvalue weighted by Crippen LogP contribution is -2.15. The first-order chi connectivity index (χ1) is 13.7. The van der Waals surface area contributed by atoms with Gasteiger partial charge in [0.15, 0.2) is 0 Å². The van der Waals surface area contributed by atoms with Gasteiger partial charge in [0.05, 0.1) is 17.6 Å². The zero-order valence-electron chi connectivity index (χ0n) is 14.9. The number of benzene rings is 2. The van der Waals surface area contributed by atoms with Crippen molar-refractivity contribution >= 4 is 0 Å². The van der Waals surface area contributed by atoms with Crippen LogP contribution in [0, 0.1) is 11.3 Å². The zero-order valence-corrected chi connectivity index (χ0v) is 14.9. The molecule has 0 saturated heterocycles. The van der Waals surface area contributed by atoms with Gasteiger partial charge in [0.2, 0.25) is 0 Å². The molecule has 28 heavy (non-hydrogen) atoms. The van der Waals surface area contributed by atoms with E-state index < -0.39 is 0 Å². The average molecular weight is 368 g/mol. The van der Waals surface area contributed by atoms with Gasteiger partial charge in [-0.1, -0.05) is 18.2 Å². The second-order valence-electron chi connectivity index (χ2n) is 6.19. The molecule has 0 spiro atoms. The number of imidazole rings is 1. The van der Waals surface area contributed by atoms with E-state index in [2.05, 4.69) is 11.1 Å². The summed E-state index contributed by atoms with van der Waals surface area (Å²) < 4.78 is 9.47. The summed E-state index contributed by atoms with van der Waals surface area (Å²) in [6.45, 7) is 0.627. The molecule has 4 aromatic rings. The lowest BCUT2D eigenvalue weighted by molar-refractivity contribution is 0.480. The van der Waals surface area contributed by atoms with E-state index in [-0.39, 0.29) is 5.56 Å². The van der Waals surface area contributed by atoms with Crippen LogP contribution in [-0.2, 0) is 6.54 Å². The fourth-order valence-corrected chi connectivity index (χ4v) is 2.90. The Balaban J connectivity index is 1.65. The summed E-state index contributed by atoms with van der Waals surface area (Å²) in [5.74, 6) is 1.02. The van der Waals surface area contributed by atoms with E-state index in [1.54, 1.807) is 49.1 Å². The monoisotopic (exact) mass is 368 g/mol. The molecule has 4 rings (SSSR count). The molecule has 6 nitrogen and oxygen atoms in total. The van der Waals surface area contributed by atoms with Crippen molar-refractivity contribution < 1.29 is 4.74 Å². The summed E-state index contributed by atoms with van der Waals surface area (Å²) in [6.07, 6.45) is 7.03. The zero-order chi connectivity index (χ0) is 19.3. The third-order valence-corrected chi connectivity index (χ3v) is 4.24. The van der Waals surface area contributed by atoms with Crippen LogP contribution in [0.2, 0.25) is 0 Å². The topological polar surface area (TPSA) is 72.8 Å². The van der Waals surface area contributed by atoms with Gasteiger partial charge in [0.25, 0.3) is 5.56 Å². The molecule has 0 fully saturated rings. The van der Waals surface area contributed by atoms with Crippen LogP contribution >= 0.6 is 0 Å². The molecule has 0 N–H and O–H groups in total. The molecule has 0 amide bonds. The van der Waals surface area contributed by atoms with Crippen molar-refractivity contribution in [2.75, 3.05) is 0 Å². The normalized spacial score (nSPS) is 10.4. The molecular weight excluding hydrogens is 352 g/mol. The summed E-state index contributed by atoms with van der Waals surface area (Å²) in [7, 11) is 0. The van der Waals surface area contributed by atoms with Crippen molar-refractivity contribution in [1.29, 1.82) is 5.26 Å². The van der Waals surface area contributed by atoms with E-state index in [9.17, 15) is 10.1 Å². The highest BCUT2D eigenvalue weighted by Gasteiger charge is 2.08. The molecule has 136 valence electrons. The largest absolute Gasteiger partial charge is 0.456 e. The van der Waals surface area contributed by atoms with Crippen molar-refractivity contribution in [3.05, 3.63) is 107 Å². The van der Waals surface area contributed by atoms with Crippen LogP contribution in [0.5, 0.6) is 11.5 Å². The fraction of sp³-hybridized carbons (Fsp3) is 0.0455. The maximum Gasteiger partial charge on any atom is 0.255 e. The lowest BCUT2D eigenvalue weighted by atomic mass is 10.1. The summed E-state index contributed by atoms with van der Waals surface area (Å²) >= 11 is 0. The third kappa shape index (κ3) is 3.69. The number of rotatable bonds is 5. The quantitative estimate of drug-likeness (QED) is 0.538. The van der Waals surface area contributed by atoms with Crippen molar-refractivity contribution in [3.63, 3.8) is 0 Å². The number of pyridine rings is 1. The summed E-state index contributed by atoms with van der Waals surface area (Å²) in [6, 6.07) is 19.8. The molecular formula is C22H16N4O2. The Bertz CT molecular complexity index is 1200. The Labute approximate surface area is 161 Å². The van der Waals surface area contributed by atoms with Crippen LogP contribution in [0.3, 0.4) is 0 Å². The highest BCUT2D eigenvalue weighted by molar-refractivity contribution is 5.49. The molecule has 6 heteroatoms. The molecule has 0 atom stereocenters. The van der Waals surface area contributed by atoms with Gasteiger partial charge < -0.3 is 9.30 Å². The van der Waals surface area contributed by atoms with Gasteiger partial charge in [0, 0.05) is 37.3 Å². The highest BCUT2D eigenvalue weighted by atomic mass is 16.5. The molecule has 0 saturated carbocycles. The van der Waals surface area contributed by atoms with Crippen LogP contribution in [0.25, 0.3) is 5.69 Å². The van der Waals surface area contributed by atoms with Crippen LogP contribution in [0.15, 0.2) is 90.4 Å². The minimum atomic E-state index is -0.125. The Kier molecular flexibility index (Phi) is 4.72. The molecule has 0 radical (unpaired) electrons. The van der Waals surface area contributed by atoms with E-state index in [0.29, 0.717) is 29.3 Å². The van der Waals surface area contributed by atoms with Crippen molar-refractivity contribution in [1.82, 2.24) is 14.1 Å². The Morgan fingerprint density at radius 1 is 1.04 bits per heavy atom. The van der Waals surface area contributed by atoms with Gasteiger partial charge >= 0.3 is 0 Å². The van der Waals surface area contributed by atoms with Gasteiger partial charge in [-0.2, -0.15) is 5.26 Å². The SMILES string of the molecule is N#Cc1ccc(Cn2ccnc2)cc1Oc1cccc(-n2ccccc2=O)c1. The maximum atomic E-state index is 12.1. The summed E-state index contributed by atoms with van der Waals surface area (Å²) in [5, 5.41) is 9.42. The highest BCUT2D eigenvalue weighted by Crippen LogP contribution is 2.27. The van der Waals surface area contributed by atoms with Crippen LogP contribution in [-0.4, -0.2) is 14.1 Å². The molecule has 2 aromatic heterocycles. The molecule has 2 aromatic carbocycles. The lowest BCUT2D eigenvalue weighted by Gasteiger charge is -2.12. The van der Waals surface area contributed by atoms with Gasteiger partial charge in [-0.25, -0.2) is 4.98 Å². The number of nitriles is 1. The van der Waals surface area contributed by atoms with Crippen molar-refractivity contribution in [3.8, 4) is 23.3 Å². The molecule has 0 aliphatic heterocycles. The first-order valence-electron chi connectivity index (χ1n) is 8.68. The van der Waals surface area contributed by atoms with Gasteiger partial charge in [-0.3, -0.25) is 9.36 Å². The first kappa shape index (κ1) is 17.3. The van der Waals surface area contributed by atoms with Crippen molar-refractivity contribution in [2.45, 2.75) is 6.54 Å². The van der Waals surface area contributed by atoms with E-state index in [1.807, 2.05) is 35.0 Å². The number of aromatic nitrogens is 3. The van der Waals surface area contributed by atoms with Crippen molar-refractivity contribution in [2.24, 2.45) is 0 Å². The third-order valence-electron chi connectivity index (χ3n) is 4.24. The standard InChI is InChI=1S/C22H16N4O2/c23-14-18-8-7-17(15-25-11-9-24-16-25)12-21(18)28-20-5-3-4-19(13-20)26-10-2-1-6-22(26)27/h1-13,16H,15H2. The van der Waals surface area contributed by atoms with E-state index in [0.717, 1.165) is 5.56 Å². The number of ether oxygens (including phenoxy) is 1. The predicted octanol–water partition coefficient (Wildman–Crippen LogP) is 3.75. The van der Waals surface area contributed by atoms with Crippen LogP contribution in [0.4, 0.5) is 0 Å². The fourth-order valence-electron chi connectivity index (χ4n) is 2.90. The molecule has 0 aliphatic rings. The van der Waals surface area contributed by atoms with E-state index in [4.69, 9.17) is 4.74 Å². The van der Waals surface area contributed by atoms with E-state index in [1.165, 1.54) is 10.6 Å².